The molecule has 3 aromatic rings. The van der Waals surface area contributed by atoms with E-state index < -0.39 is 0 Å². The van der Waals surface area contributed by atoms with Gasteiger partial charge in [0, 0.05) is 47.4 Å². The van der Waals surface area contributed by atoms with Crippen LogP contribution in [0.15, 0.2) is 42.4 Å². The number of nitrogens with one attached hydrogen (secondary N) is 3. The van der Waals surface area contributed by atoms with Crippen molar-refractivity contribution in [3.63, 3.8) is 0 Å². The fourth-order valence-electron chi connectivity index (χ4n) is 3.91. The molecule has 4 heterocycles. The third kappa shape index (κ3) is 3.73. The number of allylic oxidation sites excluding steroid dienone is 2. The van der Waals surface area contributed by atoms with Crippen LogP contribution in [0.5, 0.6) is 5.75 Å². The SMILES string of the molecule is COc1cc2ncc(-c3cccc(NC4CCNC4)n3)n2cc1/C(C(C)=N)=C(\C)N. The van der Waals surface area contributed by atoms with Crippen LogP contribution in [0.3, 0.4) is 0 Å². The molecule has 1 saturated heterocycles. The van der Waals surface area contributed by atoms with Gasteiger partial charge in [-0.2, -0.15) is 0 Å². The first-order valence-corrected chi connectivity index (χ1v) is 10.00. The smallest absolute Gasteiger partial charge is 0.140 e. The lowest BCUT2D eigenvalue weighted by Gasteiger charge is -2.15. The summed E-state index contributed by atoms with van der Waals surface area (Å²) in [6.45, 7) is 5.48. The lowest BCUT2D eigenvalue weighted by Crippen LogP contribution is -2.22. The summed E-state index contributed by atoms with van der Waals surface area (Å²) >= 11 is 0. The van der Waals surface area contributed by atoms with Crippen molar-refractivity contribution in [3.05, 3.63) is 47.9 Å². The van der Waals surface area contributed by atoms with Crippen LogP contribution in [-0.4, -0.2) is 46.3 Å². The highest BCUT2D eigenvalue weighted by molar-refractivity contribution is 6.22. The first kappa shape index (κ1) is 19.9. The molecule has 5 N–H and O–H groups in total. The average Bonchev–Trinajstić information content (AvgIpc) is 3.36. The van der Waals surface area contributed by atoms with Crippen molar-refractivity contribution >= 4 is 22.7 Å². The predicted octanol–water partition coefficient (Wildman–Crippen LogP) is 2.91. The van der Waals surface area contributed by atoms with Gasteiger partial charge >= 0.3 is 0 Å². The highest BCUT2D eigenvalue weighted by Crippen LogP contribution is 2.31. The molecule has 1 unspecified atom stereocenters. The molecule has 156 valence electrons. The van der Waals surface area contributed by atoms with Gasteiger partial charge in [0.25, 0.3) is 0 Å². The molecular weight excluding hydrogens is 378 g/mol. The maximum Gasteiger partial charge on any atom is 0.140 e. The molecule has 1 aliphatic rings. The number of imidazole rings is 1. The maximum atomic E-state index is 8.17. The van der Waals surface area contributed by atoms with Gasteiger partial charge in [-0.05, 0) is 38.9 Å². The van der Waals surface area contributed by atoms with E-state index >= 15 is 0 Å². The molecule has 0 bridgehead atoms. The summed E-state index contributed by atoms with van der Waals surface area (Å²) in [5.74, 6) is 1.47. The highest BCUT2D eigenvalue weighted by atomic mass is 16.5. The van der Waals surface area contributed by atoms with Crippen molar-refractivity contribution in [3.8, 4) is 17.1 Å². The summed E-state index contributed by atoms with van der Waals surface area (Å²) in [4.78, 5) is 9.34. The molecule has 0 saturated carbocycles. The molecule has 0 radical (unpaired) electrons. The van der Waals surface area contributed by atoms with Crippen molar-refractivity contribution < 1.29 is 4.74 Å². The number of hydrogen-bond acceptors (Lipinski definition) is 7. The Morgan fingerprint density at radius 2 is 2.20 bits per heavy atom. The minimum atomic E-state index is 0.379. The second-order valence-electron chi connectivity index (χ2n) is 7.55. The number of fused-ring (bicyclic) bond motifs is 1. The van der Waals surface area contributed by atoms with E-state index in [1.165, 1.54) is 0 Å². The monoisotopic (exact) mass is 405 g/mol. The largest absolute Gasteiger partial charge is 0.496 e. The van der Waals surface area contributed by atoms with Crippen LogP contribution in [0.4, 0.5) is 5.82 Å². The zero-order chi connectivity index (χ0) is 21.3. The van der Waals surface area contributed by atoms with E-state index in [0.717, 1.165) is 47.9 Å². The molecular formula is C22H27N7O. The third-order valence-corrected chi connectivity index (χ3v) is 5.29. The van der Waals surface area contributed by atoms with Crippen LogP contribution in [0, 0.1) is 5.41 Å². The lowest BCUT2D eigenvalue weighted by atomic mass is 10.0. The van der Waals surface area contributed by atoms with Gasteiger partial charge in [0.05, 0.1) is 24.7 Å². The van der Waals surface area contributed by atoms with Crippen molar-refractivity contribution in [2.45, 2.75) is 26.3 Å². The molecule has 0 spiro atoms. The summed E-state index contributed by atoms with van der Waals surface area (Å²) in [7, 11) is 1.61. The number of aromatic nitrogens is 3. The van der Waals surface area contributed by atoms with E-state index in [9.17, 15) is 0 Å². The number of methoxy groups -OCH3 is 1. The van der Waals surface area contributed by atoms with Gasteiger partial charge in [0.15, 0.2) is 0 Å². The van der Waals surface area contributed by atoms with Gasteiger partial charge in [-0.25, -0.2) is 9.97 Å². The zero-order valence-corrected chi connectivity index (χ0v) is 17.5. The van der Waals surface area contributed by atoms with Gasteiger partial charge < -0.3 is 26.5 Å². The molecule has 3 aromatic heterocycles. The van der Waals surface area contributed by atoms with Crippen molar-refractivity contribution in [2.75, 3.05) is 25.5 Å². The molecule has 8 heteroatoms. The first-order chi connectivity index (χ1) is 14.5. The summed E-state index contributed by atoms with van der Waals surface area (Å²) in [6, 6.07) is 8.20. The Morgan fingerprint density at radius 1 is 1.37 bits per heavy atom. The van der Waals surface area contributed by atoms with Gasteiger partial charge in [0.1, 0.15) is 17.2 Å². The zero-order valence-electron chi connectivity index (χ0n) is 17.5. The number of pyridine rings is 2. The summed E-state index contributed by atoms with van der Waals surface area (Å²) in [6.07, 6.45) is 4.81. The Labute approximate surface area is 175 Å². The standard InChI is InChI=1S/C22H27N7O/c1-13(23)22(14(2)24)16-12-29-18(11-26-21(29)9-19(16)30-3)17-5-4-6-20(28-17)27-15-7-8-25-10-15/h4-6,9,11-12,15,23,25H,7-8,10,24H2,1-3H3,(H,27,28)/b22-14+,23-13?. The molecule has 1 atom stereocenters. The van der Waals surface area contributed by atoms with Gasteiger partial charge in [-0.15, -0.1) is 0 Å². The van der Waals surface area contributed by atoms with Crippen LogP contribution in [0.25, 0.3) is 22.6 Å². The second kappa shape index (κ2) is 8.16. The summed E-state index contributed by atoms with van der Waals surface area (Å²) in [5.41, 5.74) is 10.9. The van der Waals surface area contributed by atoms with E-state index in [1.807, 2.05) is 34.9 Å². The number of anilines is 1. The third-order valence-electron chi connectivity index (χ3n) is 5.29. The van der Waals surface area contributed by atoms with Crippen LogP contribution < -0.4 is 21.1 Å². The highest BCUT2D eigenvalue weighted by Gasteiger charge is 2.18. The fourth-order valence-corrected chi connectivity index (χ4v) is 3.91. The molecule has 1 fully saturated rings. The molecule has 8 nitrogen and oxygen atoms in total. The Balaban J connectivity index is 1.80. The number of nitrogens with zero attached hydrogens (tertiary/aromatic N) is 3. The Bertz CT molecular complexity index is 1120. The van der Waals surface area contributed by atoms with Gasteiger partial charge in [-0.3, -0.25) is 4.40 Å². The van der Waals surface area contributed by atoms with E-state index in [0.29, 0.717) is 28.8 Å². The minimum absolute atomic E-state index is 0.379. The molecule has 1 aliphatic heterocycles. The average molecular weight is 406 g/mol. The van der Waals surface area contributed by atoms with Crippen LogP contribution in [0.2, 0.25) is 0 Å². The Kier molecular flexibility index (Phi) is 5.41. The number of nitrogens with two attached hydrogens (primary N) is 1. The quantitative estimate of drug-likeness (QED) is 0.469. The van der Waals surface area contributed by atoms with Crippen molar-refractivity contribution in [2.24, 2.45) is 5.73 Å². The van der Waals surface area contributed by atoms with Gasteiger partial charge in [-0.1, -0.05) is 6.07 Å². The van der Waals surface area contributed by atoms with Crippen LogP contribution in [-0.2, 0) is 0 Å². The molecule has 0 aliphatic carbocycles. The molecule has 0 amide bonds. The molecule has 30 heavy (non-hydrogen) atoms. The maximum absolute atomic E-state index is 8.17. The fraction of sp³-hybridized carbons (Fsp3) is 0.318. The Morgan fingerprint density at radius 3 is 2.87 bits per heavy atom. The molecule has 4 rings (SSSR count). The van der Waals surface area contributed by atoms with Crippen LogP contribution in [0.1, 0.15) is 25.8 Å². The normalized spacial score (nSPS) is 17.1. The minimum Gasteiger partial charge on any atom is -0.496 e. The number of rotatable bonds is 6. The van der Waals surface area contributed by atoms with E-state index in [2.05, 4.69) is 15.6 Å². The summed E-state index contributed by atoms with van der Waals surface area (Å²) < 4.78 is 7.54. The number of hydrogen-bond donors (Lipinski definition) is 4. The topological polar surface area (TPSA) is 113 Å². The van der Waals surface area contributed by atoms with E-state index in [-0.39, 0.29) is 0 Å². The van der Waals surface area contributed by atoms with Gasteiger partial charge in [0.2, 0.25) is 0 Å². The molecule has 0 aromatic carbocycles. The Hall–Kier alpha value is -3.39. The lowest BCUT2D eigenvalue weighted by molar-refractivity contribution is 0.413. The first-order valence-electron chi connectivity index (χ1n) is 10.00. The predicted molar refractivity (Wildman–Crippen MR) is 120 cm³/mol. The van der Waals surface area contributed by atoms with E-state index in [1.54, 1.807) is 27.2 Å². The second-order valence-corrected chi connectivity index (χ2v) is 7.55. The van der Waals surface area contributed by atoms with E-state index in [4.69, 9.17) is 20.9 Å². The van der Waals surface area contributed by atoms with Crippen molar-refractivity contribution in [1.82, 2.24) is 19.7 Å². The summed E-state index contributed by atoms with van der Waals surface area (Å²) in [5, 5.41) is 15.0. The number of ether oxygens (including phenoxy) is 1. The van der Waals surface area contributed by atoms with Crippen molar-refractivity contribution in [1.29, 1.82) is 5.41 Å². The van der Waals surface area contributed by atoms with Crippen LogP contribution >= 0.6 is 0 Å².